The maximum atomic E-state index is 5.79. The molecule has 2 nitrogen and oxygen atoms in total. The summed E-state index contributed by atoms with van der Waals surface area (Å²) in [5.74, 6) is 1.55. The SMILES string of the molecule is ClCc1[nH]cc[n+]1Cc1ccccc1. The second kappa shape index (κ2) is 4.29. The summed E-state index contributed by atoms with van der Waals surface area (Å²) in [5.41, 5.74) is 1.28. The van der Waals surface area contributed by atoms with Crippen LogP contribution in [0.3, 0.4) is 0 Å². The van der Waals surface area contributed by atoms with E-state index < -0.39 is 0 Å². The molecule has 3 heteroatoms. The molecule has 0 aliphatic rings. The summed E-state index contributed by atoms with van der Waals surface area (Å²) in [6.07, 6.45) is 3.91. The zero-order chi connectivity index (χ0) is 9.80. The maximum absolute atomic E-state index is 5.79. The molecule has 2 aromatic rings. The molecule has 0 radical (unpaired) electrons. The number of hydrogen-bond acceptors (Lipinski definition) is 0. The molecule has 72 valence electrons. The number of hydrogen-bond donors (Lipinski definition) is 1. The number of aromatic amines is 1. The third kappa shape index (κ3) is 1.96. The first-order valence-electron chi connectivity index (χ1n) is 4.56. The van der Waals surface area contributed by atoms with Crippen LogP contribution in [0.5, 0.6) is 0 Å². The van der Waals surface area contributed by atoms with Crippen molar-refractivity contribution in [1.82, 2.24) is 4.98 Å². The molecule has 0 unspecified atom stereocenters. The lowest BCUT2D eigenvalue weighted by Gasteiger charge is -1.98. The van der Waals surface area contributed by atoms with Crippen molar-refractivity contribution in [1.29, 1.82) is 0 Å². The molecule has 2 rings (SSSR count). The molecule has 0 atom stereocenters. The van der Waals surface area contributed by atoms with Crippen molar-refractivity contribution in [3.8, 4) is 0 Å². The number of aromatic nitrogens is 2. The molecule has 1 heterocycles. The van der Waals surface area contributed by atoms with Crippen molar-refractivity contribution < 1.29 is 4.57 Å². The van der Waals surface area contributed by atoms with Gasteiger partial charge in [-0.25, -0.2) is 9.55 Å². The van der Waals surface area contributed by atoms with E-state index in [1.54, 1.807) is 0 Å². The number of alkyl halides is 1. The van der Waals surface area contributed by atoms with Crippen molar-refractivity contribution in [3.05, 3.63) is 54.1 Å². The summed E-state index contributed by atoms with van der Waals surface area (Å²) in [6.45, 7) is 0.867. The average Bonchev–Trinajstić information content (AvgIpc) is 2.67. The fraction of sp³-hybridized carbons (Fsp3) is 0.182. The minimum atomic E-state index is 0.514. The molecule has 0 fully saturated rings. The van der Waals surface area contributed by atoms with E-state index in [0.717, 1.165) is 12.4 Å². The Labute approximate surface area is 88.2 Å². The number of H-pyrrole nitrogens is 1. The topological polar surface area (TPSA) is 19.7 Å². The first-order chi connectivity index (χ1) is 6.90. The Kier molecular flexibility index (Phi) is 2.84. The minimum Gasteiger partial charge on any atom is -0.247 e. The molecule has 1 N–H and O–H groups in total. The van der Waals surface area contributed by atoms with Crippen LogP contribution in [0.15, 0.2) is 42.7 Å². The van der Waals surface area contributed by atoms with Gasteiger partial charge in [0.1, 0.15) is 24.8 Å². The number of halogens is 1. The van der Waals surface area contributed by atoms with Gasteiger partial charge in [-0.15, -0.1) is 11.6 Å². The molecule has 0 aliphatic carbocycles. The smallest absolute Gasteiger partial charge is 0.247 e. The number of rotatable bonds is 3. The van der Waals surface area contributed by atoms with Gasteiger partial charge in [-0.3, -0.25) is 0 Å². The van der Waals surface area contributed by atoms with E-state index in [-0.39, 0.29) is 0 Å². The highest BCUT2D eigenvalue weighted by atomic mass is 35.5. The zero-order valence-electron chi connectivity index (χ0n) is 7.78. The van der Waals surface area contributed by atoms with Gasteiger partial charge in [-0.2, -0.15) is 0 Å². The molecule has 0 amide bonds. The van der Waals surface area contributed by atoms with E-state index in [1.807, 2.05) is 30.6 Å². The number of nitrogens with one attached hydrogen (secondary N) is 1. The number of nitrogens with zero attached hydrogens (tertiary/aromatic N) is 1. The quantitative estimate of drug-likeness (QED) is 0.588. The Balaban J connectivity index is 2.19. The number of imidazole rings is 1. The normalized spacial score (nSPS) is 10.4. The molecule has 0 bridgehead atoms. The van der Waals surface area contributed by atoms with Gasteiger partial charge in [-0.1, -0.05) is 30.3 Å². The largest absolute Gasteiger partial charge is 0.269 e. The summed E-state index contributed by atoms with van der Waals surface area (Å²) in [6, 6.07) is 10.3. The molecule has 1 aromatic heterocycles. The van der Waals surface area contributed by atoms with Gasteiger partial charge in [0.2, 0.25) is 0 Å². The maximum Gasteiger partial charge on any atom is 0.269 e. The summed E-state index contributed by atoms with van der Waals surface area (Å²) in [4.78, 5) is 3.11. The molecular weight excluding hydrogens is 196 g/mol. The van der Waals surface area contributed by atoms with E-state index in [9.17, 15) is 0 Å². The highest BCUT2D eigenvalue weighted by molar-refractivity contribution is 6.16. The molecule has 0 aliphatic heterocycles. The van der Waals surface area contributed by atoms with Crippen molar-refractivity contribution >= 4 is 11.6 Å². The molecule has 1 aromatic carbocycles. The second-order valence-corrected chi connectivity index (χ2v) is 3.42. The standard InChI is InChI=1S/C11H11ClN2/c12-8-11-13-6-7-14(11)9-10-4-2-1-3-5-10/h1-7H,8-9H2/p+1. The van der Waals surface area contributed by atoms with E-state index in [4.69, 9.17) is 11.6 Å². The van der Waals surface area contributed by atoms with Crippen LogP contribution in [0, 0.1) is 0 Å². The van der Waals surface area contributed by atoms with E-state index in [0.29, 0.717) is 5.88 Å². The average molecular weight is 208 g/mol. The van der Waals surface area contributed by atoms with E-state index in [2.05, 4.69) is 21.7 Å². The van der Waals surface area contributed by atoms with Crippen molar-refractivity contribution in [2.45, 2.75) is 12.4 Å². The summed E-state index contributed by atoms with van der Waals surface area (Å²) in [7, 11) is 0. The third-order valence-corrected chi connectivity index (χ3v) is 2.43. The fourth-order valence-corrected chi connectivity index (χ4v) is 1.67. The van der Waals surface area contributed by atoms with Gasteiger partial charge in [0.05, 0.1) is 0 Å². The van der Waals surface area contributed by atoms with Crippen LogP contribution in [0.1, 0.15) is 11.4 Å². The first-order valence-corrected chi connectivity index (χ1v) is 5.09. The Hall–Kier alpha value is -1.28. The van der Waals surface area contributed by atoms with Crippen LogP contribution in [0.2, 0.25) is 0 Å². The zero-order valence-corrected chi connectivity index (χ0v) is 8.54. The minimum absolute atomic E-state index is 0.514. The molecule has 0 spiro atoms. The van der Waals surface area contributed by atoms with E-state index in [1.165, 1.54) is 5.56 Å². The lowest BCUT2D eigenvalue weighted by atomic mass is 10.2. The van der Waals surface area contributed by atoms with Crippen LogP contribution >= 0.6 is 11.6 Å². The number of benzene rings is 1. The molecule has 0 saturated carbocycles. The molecule has 0 saturated heterocycles. The lowest BCUT2D eigenvalue weighted by molar-refractivity contribution is -0.693. The predicted octanol–water partition coefficient (Wildman–Crippen LogP) is 2.09. The van der Waals surface area contributed by atoms with Gasteiger partial charge in [0, 0.05) is 0 Å². The first kappa shape index (κ1) is 9.28. The van der Waals surface area contributed by atoms with Crippen LogP contribution < -0.4 is 4.57 Å². The van der Waals surface area contributed by atoms with Crippen LogP contribution in [0.4, 0.5) is 0 Å². The Morgan fingerprint density at radius 2 is 2.00 bits per heavy atom. The monoisotopic (exact) mass is 207 g/mol. The highest BCUT2D eigenvalue weighted by Crippen LogP contribution is 1.99. The third-order valence-electron chi connectivity index (χ3n) is 2.17. The van der Waals surface area contributed by atoms with Gasteiger partial charge in [0.25, 0.3) is 5.82 Å². The Morgan fingerprint density at radius 1 is 1.21 bits per heavy atom. The summed E-state index contributed by atoms with van der Waals surface area (Å²) >= 11 is 5.79. The fourth-order valence-electron chi connectivity index (χ4n) is 1.44. The predicted molar refractivity (Wildman–Crippen MR) is 56.1 cm³/mol. The van der Waals surface area contributed by atoms with E-state index >= 15 is 0 Å². The van der Waals surface area contributed by atoms with Crippen LogP contribution in [-0.2, 0) is 12.4 Å². The lowest BCUT2D eigenvalue weighted by Crippen LogP contribution is -2.36. The molecular formula is C11H12ClN2+. The Bertz CT molecular complexity index is 395. The summed E-state index contributed by atoms with van der Waals surface area (Å²) in [5, 5.41) is 0. The highest BCUT2D eigenvalue weighted by Gasteiger charge is 2.08. The molecule has 14 heavy (non-hydrogen) atoms. The second-order valence-electron chi connectivity index (χ2n) is 3.15. The van der Waals surface area contributed by atoms with Gasteiger partial charge < -0.3 is 0 Å². The van der Waals surface area contributed by atoms with Crippen molar-refractivity contribution in [2.24, 2.45) is 0 Å². The Morgan fingerprint density at radius 3 is 2.71 bits per heavy atom. The summed E-state index contributed by atoms with van der Waals surface area (Å²) < 4.78 is 2.11. The van der Waals surface area contributed by atoms with Gasteiger partial charge in [-0.05, 0) is 5.56 Å². The van der Waals surface area contributed by atoms with Crippen LogP contribution in [0.25, 0.3) is 0 Å². The van der Waals surface area contributed by atoms with Crippen LogP contribution in [-0.4, -0.2) is 4.98 Å². The van der Waals surface area contributed by atoms with Crippen molar-refractivity contribution in [2.75, 3.05) is 0 Å². The van der Waals surface area contributed by atoms with Gasteiger partial charge in [0.15, 0.2) is 0 Å². The van der Waals surface area contributed by atoms with Gasteiger partial charge >= 0.3 is 0 Å². The van der Waals surface area contributed by atoms with Crippen molar-refractivity contribution in [3.63, 3.8) is 0 Å².